The quantitative estimate of drug-likeness (QED) is 0.586. The Hall–Kier alpha value is -1.73. The summed E-state index contributed by atoms with van der Waals surface area (Å²) in [4.78, 5) is 0. The maximum atomic E-state index is 8.74. The van der Waals surface area contributed by atoms with Gasteiger partial charge in [-0.1, -0.05) is 68.4 Å². The van der Waals surface area contributed by atoms with Crippen LogP contribution in [0.2, 0.25) is 0 Å². The zero-order chi connectivity index (χ0) is 20.3. The van der Waals surface area contributed by atoms with E-state index in [1.54, 1.807) is 0 Å². The van der Waals surface area contributed by atoms with Crippen LogP contribution < -0.4 is 5.32 Å². The van der Waals surface area contributed by atoms with Crippen molar-refractivity contribution < 1.29 is 17.5 Å². The van der Waals surface area contributed by atoms with Gasteiger partial charge in [0.15, 0.2) is 0 Å². The monoisotopic (exact) mass is 393 g/mol. The molecule has 0 aromatic heterocycles. The first-order chi connectivity index (χ1) is 12.7. The van der Waals surface area contributed by atoms with Gasteiger partial charge < -0.3 is 5.32 Å². The first-order valence-electron chi connectivity index (χ1n) is 9.17. The molecule has 2 aromatic rings. The largest absolute Gasteiger partial charge is 0.394 e. The van der Waals surface area contributed by atoms with Crippen LogP contribution in [0.5, 0.6) is 0 Å². The minimum atomic E-state index is -4.67. The number of nitrogens with one attached hydrogen (secondary N) is 1. The summed E-state index contributed by atoms with van der Waals surface area (Å²) in [5.41, 5.74) is 4.49. The highest BCUT2D eigenvalue weighted by molar-refractivity contribution is 7.79. The van der Waals surface area contributed by atoms with Crippen LogP contribution in [0, 0.1) is 5.92 Å². The molecule has 0 aliphatic heterocycles. The highest BCUT2D eigenvalue weighted by Crippen LogP contribution is 2.26. The van der Waals surface area contributed by atoms with E-state index in [2.05, 4.69) is 73.8 Å². The lowest BCUT2D eigenvalue weighted by atomic mass is 9.86. The van der Waals surface area contributed by atoms with Crippen LogP contribution in [0.3, 0.4) is 0 Å². The smallest absolute Gasteiger partial charge is 0.320 e. The van der Waals surface area contributed by atoms with Gasteiger partial charge in [0.25, 0.3) is 0 Å². The van der Waals surface area contributed by atoms with Gasteiger partial charge >= 0.3 is 10.4 Å². The first-order valence-corrected chi connectivity index (χ1v) is 10.6. The highest BCUT2D eigenvalue weighted by atomic mass is 32.3. The molecule has 0 heterocycles. The van der Waals surface area contributed by atoms with Gasteiger partial charge in [0.05, 0.1) is 0 Å². The maximum absolute atomic E-state index is 8.74. The fourth-order valence-corrected chi connectivity index (χ4v) is 3.09. The van der Waals surface area contributed by atoms with Crippen LogP contribution in [-0.4, -0.2) is 31.1 Å². The molecule has 5 nitrogen and oxygen atoms in total. The molecule has 27 heavy (non-hydrogen) atoms. The molecule has 0 amide bonds. The molecule has 0 aliphatic rings. The van der Waals surface area contributed by atoms with Crippen LogP contribution in [-0.2, 0) is 23.2 Å². The van der Waals surface area contributed by atoms with Gasteiger partial charge in [-0.05, 0) is 61.4 Å². The standard InChI is InChI=1S/C21H29N.H2O4S/c1-17(2)15-19-11-7-8-12-20(19)16-21(13-14-22-3)18-9-5-4-6-10-18;1-5(2,3)4/h4-12,17,21-22H,13-16H2,1-3H3;(H2,1,2,3,4). The zero-order valence-corrected chi connectivity index (χ0v) is 17.1. The van der Waals surface area contributed by atoms with E-state index in [1.165, 1.54) is 29.5 Å². The Morgan fingerprint density at radius 2 is 1.37 bits per heavy atom. The second-order valence-corrected chi connectivity index (χ2v) is 7.91. The second kappa shape index (κ2) is 11.9. The average Bonchev–Trinajstić information content (AvgIpc) is 2.59. The van der Waals surface area contributed by atoms with E-state index in [1.807, 2.05) is 7.05 Å². The Labute approximate surface area is 163 Å². The summed E-state index contributed by atoms with van der Waals surface area (Å²) in [5.74, 6) is 1.29. The molecule has 6 heteroatoms. The predicted molar refractivity (Wildman–Crippen MR) is 111 cm³/mol. The van der Waals surface area contributed by atoms with Crippen molar-refractivity contribution in [2.24, 2.45) is 5.92 Å². The summed E-state index contributed by atoms with van der Waals surface area (Å²) in [7, 11) is -2.63. The maximum Gasteiger partial charge on any atom is 0.394 e. The third-order valence-corrected chi connectivity index (χ3v) is 4.23. The van der Waals surface area contributed by atoms with E-state index in [4.69, 9.17) is 17.5 Å². The SMILES string of the molecule is CNCCC(Cc1ccccc1CC(C)C)c1ccccc1.O=S(=O)(O)O. The average molecular weight is 394 g/mol. The highest BCUT2D eigenvalue weighted by Gasteiger charge is 2.14. The van der Waals surface area contributed by atoms with Gasteiger partial charge in [-0.3, -0.25) is 9.11 Å². The summed E-state index contributed by atoms with van der Waals surface area (Å²) in [6.07, 6.45) is 3.48. The lowest BCUT2D eigenvalue weighted by molar-refractivity contribution is 0.381. The molecular weight excluding hydrogens is 362 g/mol. The van der Waals surface area contributed by atoms with Gasteiger partial charge in [0.1, 0.15) is 0 Å². The van der Waals surface area contributed by atoms with Crippen molar-refractivity contribution in [2.45, 2.75) is 39.0 Å². The van der Waals surface area contributed by atoms with E-state index >= 15 is 0 Å². The van der Waals surface area contributed by atoms with Gasteiger partial charge in [-0.25, -0.2) is 0 Å². The van der Waals surface area contributed by atoms with E-state index in [0.29, 0.717) is 11.8 Å². The molecule has 2 rings (SSSR count). The first kappa shape index (κ1) is 23.3. The molecular formula is C21H31NO4S. The molecule has 2 aromatic carbocycles. The van der Waals surface area contributed by atoms with Gasteiger partial charge in [-0.15, -0.1) is 0 Å². The van der Waals surface area contributed by atoms with Gasteiger partial charge in [-0.2, -0.15) is 8.42 Å². The molecule has 1 atom stereocenters. The van der Waals surface area contributed by atoms with Crippen molar-refractivity contribution in [3.05, 3.63) is 71.3 Å². The minimum absolute atomic E-state index is 0.585. The zero-order valence-electron chi connectivity index (χ0n) is 16.3. The molecule has 1 unspecified atom stereocenters. The fourth-order valence-electron chi connectivity index (χ4n) is 3.09. The summed E-state index contributed by atoms with van der Waals surface area (Å²) in [6.45, 7) is 5.66. The van der Waals surface area contributed by atoms with Crippen LogP contribution >= 0.6 is 0 Å². The Kier molecular flexibility index (Phi) is 10.3. The summed E-state index contributed by atoms with van der Waals surface area (Å²) >= 11 is 0. The normalized spacial score (nSPS) is 12.4. The fraction of sp³-hybridized carbons (Fsp3) is 0.429. The molecule has 3 N–H and O–H groups in total. The van der Waals surface area contributed by atoms with Gasteiger partial charge in [0, 0.05) is 0 Å². The van der Waals surface area contributed by atoms with Crippen molar-refractivity contribution in [3.63, 3.8) is 0 Å². The lowest BCUT2D eigenvalue weighted by Crippen LogP contribution is -2.14. The Morgan fingerprint density at radius 3 is 1.85 bits per heavy atom. The minimum Gasteiger partial charge on any atom is -0.320 e. The topological polar surface area (TPSA) is 86.6 Å². The van der Waals surface area contributed by atoms with Crippen molar-refractivity contribution >= 4 is 10.4 Å². The van der Waals surface area contributed by atoms with E-state index in [-0.39, 0.29) is 0 Å². The van der Waals surface area contributed by atoms with Crippen LogP contribution in [0.1, 0.15) is 42.9 Å². The molecule has 0 radical (unpaired) electrons. The summed E-state index contributed by atoms with van der Waals surface area (Å²) in [6, 6.07) is 19.9. The van der Waals surface area contributed by atoms with E-state index in [0.717, 1.165) is 13.0 Å². The van der Waals surface area contributed by atoms with Crippen molar-refractivity contribution in [1.82, 2.24) is 5.32 Å². The Bertz CT molecular complexity index is 753. The Balaban J connectivity index is 0.000000646. The molecule has 0 spiro atoms. The van der Waals surface area contributed by atoms with Gasteiger partial charge in [0.2, 0.25) is 0 Å². The van der Waals surface area contributed by atoms with Crippen LogP contribution in [0.15, 0.2) is 54.6 Å². The predicted octanol–water partition coefficient (Wildman–Crippen LogP) is 4.17. The van der Waals surface area contributed by atoms with Crippen LogP contribution in [0.4, 0.5) is 0 Å². The lowest BCUT2D eigenvalue weighted by Gasteiger charge is -2.20. The summed E-state index contributed by atoms with van der Waals surface area (Å²) in [5, 5.41) is 3.30. The second-order valence-electron chi connectivity index (χ2n) is 7.02. The van der Waals surface area contributed by atoms with Crippen molar-refractivity contribution in [1.29, 1.82) is 0 Å². The number of benzene rings is 2. The summed E-state index contributed by atoms with van der Waals surface area (Å²) < 4.78 is 31.6. The molecule has 0 bridgehead atoms. The van der Waals surface area contributed by atoms with Crippen molar-refractivity contribution in [2.75, 3.05) is 13.6 Å². The third kappa shape index (κ3) is 10.9. The molecule has 150 valence electrons. The van der Waals surface area contributed by atoms with Crippen LogP contribution in [0.25, 0.3) is 0 Å². The molecule has 0 saturated heterocycles. The number of hydrogen-bond acceptors (Lipinski definition) is 3. The Morgan fingerprint density at radius 1 is 0.889 bits per heavy atom. The third-order valence-electron chi connectivity index (χ3n) is 4.23. The number of rotatable bonds is 8. The molecule has 0 fully saturated rings. The number of hydrogen-bond donors (Lipinski definition) is 3. The van der Waals surface area contributed by atoms with E-state index < -0.39 is 10.4 Å². The molecule has 0 aliphatic carbocycles. The molecule has 0 saturated carbocycles. The van der Waals surface area contributed by atoms with Crippen molar-refractivity contribution in [3.8, 4) is 0 Å². The van der Waals surface area contributed by atoms with E-state index in [9.17, 15) is 0 Å².